The summed E-state index contributed by atoms with van der Waals surface area (Å²) in [6, 6.07) is 0.683. The summed E-state index contributed by atoms with van der Waals surface area (Å²) in [7, 11) is 0. The van der Waals surface area contributed by atoms with Crippen LogP contribution in [0, 0.1) is 29.6 Å². The van der Waals surface area contributed by atoms with Gasteiger partial charge in [-0.05, 0) is 44.1 Å². The Bertz CT molecular complexity index is 238. The standard InChI is InChI=1S/C13H21N/c1-3-5-9-12(14-4-2)13-10-7-6-8-11(10)13/h10-14H,4,6-9H2,1-2H3. The summed E-state index contributed by atoms with van der Waals surface area (Å²) in [6.07, 6.45) is 5.50. The Kier molecular flexibility index (Phi) is 3.13. The van der Waals surface area contributed by atoms with Crippen molar-refractivity contribution in [3.05, 3.63) is 0 Å². The molecule has 0 aliphatic heterocycles. The second kappa shape index (κ2) is 4.36. The van der Waals surface area contributed by atoms with E-state index in [1.807, 2.05) is 6.92 Å². The van der Waals surface area contributed by atoms with E-state index < -0.39 is 0 Å². The van der Waals surface area contributed by atoms with Crippen LogP contribution in [-0.2, 0) is 0 Å². The molecule has 0 bridgehead atoms. The molecule has 2 fully saturated rings. The Hall–Kier alpha value is -0.480. The summed E-state index contributed by atoms with van der Waals surface area (Å²) in [5.74, 6) is 9.32. The van der Waals surface area contributed by atoms with E-state index in [9.17, 15) is 0 Å². The van der Waals surface area contributed by atoms with E-state index in [-0.39, 0.29) is 0 Å². The van der Waals surface area contributed by atoms with Gasteiger partial charge in [-0.3, -0.25) is 0 Å². The smallest absolute Gasteiger partial charge is 0.0246 e. The Morgan fingerprint density at radius 3 is 2.64 bits per heavy atom. The first-order valence-corrected chi connectivity index (χ1v) is 6.01. The van der Waals surface area contributed by atoms with Crippen molar-refractivity contribution >= 4 is 0 Å². The van der Waals surface area contributed by atoms with Gasteiger partial charge in [0.25, 0.3) is 0 Å². The molecule has 2 aliphatic carbocycles. The van der Waals surface area contributed by atoms with Gasteiger partial charge in [0.1, 0.15) is 0 Å². The van der Waals surface area contributed by atoms with E-state index in [4.69, 9.17) is 0 Å². The van der Waals surface area contributed by atoms with Crippen molar-refractivity contribution < 1.29 is 0 Å². The van der Waals surface area contributed by atoms with Crippen LogP contribution in [0.2, 0.25) is 0 Å². The SMILES string of the molecule is CC#CCC(NCC)C1C2CCCC21. The van der Waals surface area contributed by atoms with Gasteiger partial charge in [0.05, 0.1) is 0 Å². The van der Waals surface area contributed by atoms with E-state index in [0.29, 0.717) is 6.04 Å². The summed E-state index contributed by atoms with van der Waals surface area (Å²) in [5.41, 5.74) is 0. The molecule has 0 radical (unpaired) electrons. The van der Waals surface area contributed by atoms with Gasteiger partial charge >= 0.3 is 0 Å². The predicted molar refractivity (Wildman–Crippen MR) is 59.9 cm³/mol. The highest BCUT2D eigenvalue weighted by Gasteiger charge is 2.55. The fraction of sp³-hybridized carbons (Fsp3) is 0.846. The zero-order valence-corrected chi connectivity index (χ0v) is 9.34. The number of rotatable bonds is 4. The lowest BCUT2D eigenvalue weighted by atomic mass is 10.0. The highest BCUT2D eigenvalue weighted by Crippen LogP contribution is 2.59. The minimum absolute atomic E-state index is 0.683. The van der Waals surface area contributed by atoms with E-state index in [0.717, 1.165) is 30.7 Å². The molecule has 0 amide bonds. The molecule has 0 aromatic carbocycles. The highest BCUT2D eigenvalue weighted by molar-refractivity contribution is 5.10. The van der Waals surface area contributed by atoms with Crippen molar-refractivity contribution in [1.82, 2.24) is 5.32 Å². The average Bonchev–Trinajstić information content (AvgIpc) is 2.68. The molecule has 2 rings (SSSR count). The largest absolute Gasteiger partial charge is 0.313 e. The second-order valence-corrected chi connectivity index (χ2v) is 4.63. The van der Waals surface area contributed by atoms with Crippen LogP contribution in [0.25, 0.3) is 0 Å². The number of hydrogen-bond acceptors (Lipinski definition) is 1. The van der Waals surface area contributed by atoms with Crippen molar-refractivity contribution in [3.63, 3.8) is 0 Å². The van der Waals surface area contributed by atoms with Crippen LogP contribution in [0.15, 0.2) is 0 Å². The first-order chi connectivity index (χ1) is 6.88. The molecule has 0 aromatic rings. The van der Waals surface area contributed by atoms with Crippen LogP contribution in [-0.4, -0.2) is 12.6 Å². The monoisotopic (exact) mass is 191 g/mol. The zero-order valence-electron chi connectivity index (χ0n) is 9.34. The topological polar surface area (TPSA) is 12.0 Å². The van der Waals surface area contributed by atoms with E-state index in [1.54, 1.807) is 0 Å². The summed E-state index contributed by atoms with van der Waals surface area (Å²) in [5, 5.41) is 3.61. The zero-order chi connectivity index (χ0) is 9.97. The summed E-state index contributed by atoms with van der Waals surface area (Å²) < 4.78 is 0. The van der Waals surface area contributed by atoms with Crippen molar-refractivity contribution in [2.45, 2.75) is 45.6 Å². The minimum Gasteiger partial charge on any atom is -0.313 e. The van der Waals surface area contributed by atoms with E-state index in [1.165, 1.54) is 19.3 Å². The van der Waals surface area contributed by atoms with Crippen LogP contribution in [0.4, 0.5) is 0 Å². The Balaban J connectivity index is 1.87. The van der Waals surface area contributed by atoms with Gasteiger partial charge in [-0.15, -0.1) is 11.8 Å². The third-order valence-corrected chi connectivity index (χ3v) is 3.90. The highest BCUT2D eigenvalue weighted by atomic mass is 14.9. The first-order valence-electron chi connectivity index (χ1n) is 6.01. The Labute approximate surface area is 87.7 Å². The molecule has 0 heterocycles. The lowest BCUT2D eigenvalue weighted by molar-refractivity contribution is 0.419. The Morgan fingerprint density at radius 2 is 2.07 bits per heavy atom. The van der Waals surface area contributed by atoms with Gasteiger partial charge in [0.2, 0.25) is 0 Å². The second-order valence-electron chi connectivity index (χ2n) is 4.63. The van der Waals surface area contributed by atoms with Gasteiger partial charge in [0.15, 0.2) is 0 Å². The Morgan fingerprint density at radius 1 is 1.36 bits per heavy atom. The van der Waals surface area contributed by atoms with Crippen LogP contribution in [0.1, 0.15) is 39.5 Å². The average molecular weight is 191 g/mol. The van der Waals surface area contributed by atoms with Crippen molar-refractivity contribution in [3.8, 4) is 11.8 Å². The molecule has 78 valence electrons. The molecular weight excluding hydrogens is 170 g/mol. The molecule has 3 unspecified atom stereocenters. The molecule has 0 spiro atoms. The third kappa shape index (κ3) is 1.81. The van der Waals surface area contributed by atoms with Crippen LogP contribution in [0.3, 0.4) is 0 Å². The molecule has 14 heavy (non-hydrogen) atoms. The third-order valence-electron chi connectivity index (χ3n) is 3.90. The van der Waals surface area contributed by atoms with Gasteiger partial charge in [0, 0.05) is 12.5 Å². The minimum atomic E-state index is 0.683. The number of fused-ring (bicyclic) bond motifs is 1. The summed E-state index contributed by atoms with van der Waals surface area (Å²) >= 11 is 0. The molecule has 2 saturated carbocycles. The molecule has 1 nitrogen and oxygen atoms in total. The van der Waals surface area contributed by atoms with Gasteiger partial charge in [-0.25, -0.2) is 0 Å². The fourth-order valence-electron chi connectivity index (χ4n) is 3.29. The van der Waals surface area contributed by atoms with Gasteiger partial charge in [-0.1, -0.05) is 13.3 Å². The predicted octanol–water partition coefficient (Wildman–Crippen LogP) is 2.42. The van der Waals surface area contributed by atoms with Crippen LogP contribution >= 0.6 is 0 Å². The van der Waals surface area contributed by atoms with Crippen molar-refractivity contribution in [1.29, 1.82) is 0 Å². The first kappa shape index (κ1) is 10.1. The van der Waals surface area contributed by atoms with Crippen LogP contribution < -0.4 is 5.32 Å². The lowest BCUT2D eigenvalue weighted by Crippen LogP contribution is -2.32. The molecule has 1 N–H and O–H groups in total. The maximum absolute atomic E-state index is 3.61. The van der Waals surface area contributed by atoms with E-state index >= 15 is 0 Å². The maximum atomic E-state index is 3.61. The van der Waals surface area contributed by atoms with Crippen LogP contribution in [0.5, 0.6) is 0 Å². The molecule has 2 aliphatic rings. The number of nitrogens with one attached hydrogen (secondary N) is 1. The van der Waals surface area contributed by atoms with Gasteiger partial charge in [-0.2, -0.15) is 0 Å². The number of hydrogen-bond donors (Lipinski definition) is 1. The fourth-order valence-corrected chi connectivity index (χ4v) is 3.29. The summed E-state index contributed by atoms with van der Waals surface area (Å²) in [6.45, 7) is 5.23. The molecular formula is C13H21N. The van der Waals surface area contributed by atoms with Gasteiger partial charge < -0.3 is 5.32 Å². The molecule has 3 atom stereocenters. The molecule has 0 saturated heterocycles. The molecule has 0 aromatic heterocycles. The van der Waals surface area contributed by atoms with Crippen molar-refractivity contribution in [2.75, 3.05) is 6.54 Å². The maximum Gasteiger partial charge on any atom is 0.0246 e. The molecule has 1 heteroatoms. The van der Waals surface area contributed by atoms with Crippen molar-refractivity contribution in [2.24, 2.45) is 17.8 Å². The summed E-state index contributed by atoms with van der Waals surface area (Å²) in [4.78, 5) is 0. The lowest BCUT2D eigenvalue weighted by Gasteiger charge is -2.16. The quantitative estimate of drug-likeness (QED) is 0.673. The van der Waals surface area contributed by atoms with E-state index in [2.05, 4.69) is 24.1 Å². The normalized spacial score (nSPS) is 35.7.